The van der Waals surface area contributed by atoms with Gasteiger partial charge in [-0.2, -0.15) is 5.10 Å². The molecule has 1 aliphatic carbocycles. The van der Waals surface area contributed by atoms with Gasteiger partial charge in [0.05, 0.1) is 11.7 Å². The quantitative estimate of drug-likeness (QED) is 0.747. The molecule has 1 saturated carbocycles. The molecule has 1 fully saturated rings. The molecule has 4 heteroatoms. The van der Waals surface area contributed by atoms with Crippen molar-refractivity contribution >= 4 is 0 Å². The smallest absolute Gasteiger partial charge is 0.0762 e. The Kier molecular flexibility index (Phi) is 6.71. The van der Waals surface area contributed by atoms with Gasteiger partial charge in [-0.3, -0.25) is 4.68 Å². The third-order valence-corrected chi connectivity index (χ3v) is 4.90. The second-order valence-corrected chi connectivity index (χ2v) is 6.49. The van der Waals surface area contributed by atoms with Gasteiger partial charge in [0.25, 0.3) is 0 Å². The highest BCUT2D eigenvalue weighted by Crippen LogP contribution is 2.27. The molecule has 120 valence electrons. The van der Waals surface area contributed by atoms with Crippen molar-refractivity contribution in [3.05, 3.63) is 18.0 Å². The zero-order valence-corrected chi connectivity index (χ0v) is 14.0. The van der Waals surface area contributed by atoms with Crippen molar-refractivity contribution in [3.63, 3.8) is 0 Å². The van der Waals surface area contributed by atoms with Crippen LogP contribution >= 0.6 is 0 Å². The number of nitrogens with one attached hydrogen (secondary N) is 1. The van der Waals surface area contributed by atoms with Crippen molar-refractivity contribution < 1.29 is 0 Å². The highest BCUT2D eigenvalue weighted by atomic mass is 15.3. The van der Waals surface area contributed by atoms with Gasteiger partial charge in [0.2, 0.25) is 0 Å². The molecule has 1 N–H and O–H groups in total. The maximum atomic E-state index is 4.74. The van der Waals surface area contributed by atoms with E-state index in [0.29, 0.717) is 12.1 Å². The molecule has 21 heavy (non-hydrogen) atoms. The van der Waals surface area contributed by atoms with Gasteiger partial charge < -0.3 is 10.2 Å². The van der Waals surface area contributed by atoms with E-state index in [-0.39, 0.29) is 0 Å². The molecule has 1 aromatic rings. The lowest BCUT2D eigenvalue weighted by atomic mass is 9.96. The Morgan fingerprint density at radius 1 is 1.38 bits per heavy atom. The summed E-state index contributed by atoms with van der Waals surface area (Å²) in [5.41, 5.74) is 1.17. The molecular formula is C17H32N4. The summed E-state index contributed by atoms with van der Waals surface area (Å²) in [6, 6.07) is 3.47. The summed E-state index contributed by atoms with van der Waals surface area (Å²) >= 11 is 0. The van der Waals surface area contributed by atoms with Gasteiger partial charge in [0, 0.05) is 31.9 Å². The average molecular weight is 292 g/mol. The predicted octanol–water partition coefficient (Wildman–Crippen LogP) is 3.21. The first-order chi connectivity index (χ1) is 10.2. The minimum Gasteiger partial charge on any atom is -0.310 e. The molecular weight excluding hydrogens is 260 g/mol. The Morgan fingerprint density at radius 2 is 2.14 bits per heavy atom. The lowest BCUT2D eigenvalue weighted by Gasteiger charge is -2.23. The van der Waals surface area contributed by atoms with Crippen LogP contribution in [0.15, 0.2) is 12.3 Å². The number of hydrogen-bond acceptors (Lipinski definition) is 3. The Morgan fingerprint density at radius 3 is 2.86 bits per heavy atom. The third kappa shape index (κ3) is 5.11. The van der Waals surface area contributed by atoms with Crippen LogP contribution in [-0.2, 0) is 6.54 Å². The monoisotopic (exact) mass is 292 g/mol. The normalized spacial score (nSPS) is 18.3. The number of aromatic nitrogens is 2. The van der Waals surface area contributed by atoms with Crippen LogP contribution in [-0.4, -0.2) is 40.9 Å². The first-order valence-electron chi connectivity index (χ1n) is 8.65. The molecule has 1 aliphatic rings. The molecule has 1 heterocycles. The summed E-state index contributed by atoms with van der Waals surface area (Å²) in [5.74, 6) is 0. The maximum absolute atomic E-state index is 4.74. The molecule has 1 unspecified atom stereocenters. The summed E-state index contributed by atoms with van der Waals surface area (Å²) in [5, 5.41) is 8.25. The van der Waals surface area contributed by atoms with Gasteiger partial charge in [0.1, 0.15) is 0 Å². The van der Waals surface area contributed by atoms with Crippen LogP contribution in [0.5, 0.6) is 0 Å². The van der Waals surface area contributed by atoms with Crippen LogP contribution < -0.4 is 5.32 Å². The van der Waals surface area contributed by atoms with Gasteiger partial charge in [-0.25, -0.2) is 0 Å². The van der Waals surface area contributed by atoms with E-state index in [1.807, 2.05) is 0 Å². The van der Waals surface area contributed by atoms with Crippen molar-refractivity contribution in [2.75, 3.05) is 20.1 Å². The largest absolute Gasteiger partial charge is 0.310 e. The van der Waals surface area contributed by atoms with Crippen LogP contribution in [0, 0.1) is 0 Å². The molecule has 4 nitrogen and oxygen atoms in total. The molecule has 0 aliphatic heterocycles. The molecule has 0 saturated heterocycles. The number of likely N-dealkylation sites (N-methyl/N-ethyl adjacent to an activating group) is 1. The number of rotatable bonds is 8. The molecule has 0 aromatic carbocycles. The van der Waals surface area contributed by atoms with E-state index < -0.39 is 0 Å². The van der Waals surface area contributed by atoms with Crippen molar-refractivity contribution in [2.24, 2.45) is 0 Å². The Hall–Kier alpha value is -0.870. The SMILES string of the molecule is CCC(C)N(C)CCNCc1ccn(C2CCCCC2)n1. The lowest BCUT2D eigenvalue weighted by molar-refractivity contribution is 0.251. The first kappa shape index (κ1) is 16.5. The summed E-state index contributed by atoms with van der Waals surface area (Å²) in [4.78, 5) is 2.41. The molecule has 2 rings (SSSR count). The Labute approximate surface area is 129 Å². The van der Waals surface area contributed by atoms with Crippen LogP contribution in [0.4, 0.5) is 0 Å². The number of nitrogens with zero attached hydrogens (tertiary/aromatic N) is 3. The van der Waals surface area contributed by atoms with Gasteiger partial charge in [-0.1, -0.05) is 26.2 Å². The van der Waals surface area contributed by atoms with E-state index in [9.17, 15) is 0 Å². The Bertz CT molecular complexity index is 395. The fraction of sp³-hybridized carbons (Fsp3) is 0.824. The van der Waals surface area contributed by atoms with Crippen LogP contribution in [0.3, 0.4) is 0 Å². The topological polar surface area (TPSA) is 33.1 Å². The molecule has 0 radical (unpaired) electrons. The van der Waals surface area contributed by atoms with E-state index >= 15 is 0 Å². The summed E-state index contributed by atoms with van der Waals surface area (Å²) < 4.78 is 2.20. The molecule has 0 spiro atoms. The van der Waals surface area contributed by atoms with E-state index in [2.05, 4.69) is 48.1 Å². The highest BCUT2D eigenvalue weighted by Gasteiger charge is 2.15. The van der Waals surface area contributed by atoms with E-state index in [1.54, 1.807) is 0 Å². The van der Waals surface area contributed by atoms with Crippen LogP contribution in [0.2, 0.25) is 0 Å². The minimum absolute atomic E-state index is 0.643. The van der Waals surface area contributed by atoms with Gasteiger partial charge >= 0.3 is 0 Å². The van der Waals surface area contributed by atoms with Gasteiger partial charge in [-0.15, -0.1) is 0 Å². The van der Waals surface area contributed by atoms with E-state index in [0.717, 1.165) is 19.6 Å². The van der Waals surface area contributed by atoms with Gasteiger partial charge in [-0.05, 0) is 39.3 Å². The zero-order valence-electron chi connectivity index (χ0n) is 14.0. The second kappa shape index (κ2) is 8.54. The summed E-state index contributed by atoms with van der Waals surface area (Å²) in [6.07, 6.45) is 10.1. The average Bonchev–Trinajstić information content (AvgIpc) is 3.00. The van der Waals surface area contributed by atoms with Gasteiger partial charge in [0.15, 0.2) is 0 Å². The van der Waals surface area contributed by atoms with Crippen LogP contribution in [0.25, 0.3) is 0 Å². The fourth-order valence-electron chi connectivity index (χ4n) is 3.02. The Balaban J connectivity index is 1.68. The van der Waals surface area contributed by atoms with Crippen molar-refractivity contribution in [2.45, 2.75) is 71.0 Å². The van der Waals surface area contributed by atoms with Crippen molar-refractivity contribution in [3.8, 4) is 0 Å². The maximum Gasteiger partial charge on any atom is 0.0762 e. The molecule has 1 atom stereocenters. The van der Waals surface area contributed by atoms with Crippen LogP contribution in [0.1, 0.15) is 64.1 Å². The summed E-state index contributed by atoms with van der Waals surface area (Å²) in [6.45, 7) is 7.53. The predicted molar refractivity (Wildman–Crippen MR) is 88.4 cm³/mol. The standard InChI is InChI=1S/C17H32N4/c1-4-15(2)20(3)13-11-18-14-16-10-12-21(19-16)17-8-6-5-7-9-17/h10,12,15,17-18H,4-9,11,13-14H2,1-3H3. The second-order valence-electron chi connectivity index (χ2n) is 6.49. The van der Waals surface area contributed by atoms with E-state index in [4.69, 9.17) is 5.10 Å². The zero-order chi connectivity index (χ0) is 15.1. The lowest BCUT2D eigenvalue weighted by Crippen LogP contribution is -2.34. The number of hydrogen-bond donors (Lipinski definition) is 1. The van der Waals surface area contributed by atoms with Crippen molar-refractivity contribution in [1.29, 1.82) is 0 Å². The minimum atomic E-state index is 0.643. The molecule has 0 amide bonds. The first-order valence-corrected chi connectivity index (χ1v) is 8.65. The summed E-state index contributed by atoms with van der Waals surface area (Å²) in [7, 11) is 2.20. The van der Waals surface area contributed by atoms with Crippen molar-refractivity contribution in [1.82, 2.24) is 20.0 Å². The highest BCUT2D eigenvalue weighted by molar-refractivity contribution is 4.99. The molecule has 1 aromatic heterocycles. The fourth-order valence-corrected chi connectivity index (χ4v) is 3.02. The van der Waals surface area contributed by atoms with E-state index in [1.165, 1.54) is 44.2 Å². The molecule has 0 bridgehead atoms. The third-order valence-electron chi connectivity index (χ3n) is 4.90.